The molecule has 0 unspecified atom stereocenters. The molecule has 2 rings (SSSR count). The molecule has 0 spiro atoms. The van der Waals surface area contributed by atoms with Crippen molar-refractivity contribution in [2.45, 2.75) is 13.8 Å². The number of rotatable bonds is 4. The van der Waals surface area contributed by atoms with Gasteiger partial charge < -0.3 is 10.6 Å². The molecule has 1 heterocycles. The third-order valence-corrected chi connectivity index (χ3v) is 5.06. The zero-order valence-corrected chi connectivity index (χ0v) is 15.2. The standard InChI is InChI=1S/C17H15ClN4O2S/c1-17(2)12(7-19)15(24)22-16(13(17)8-20)25-9-14(23)21-11-5-3-10(18)4-6-11/h3-6,12H,9H2,1-2H3,(H,21,23)(H,22,24)/t12-/m0/s1. The lowest BCUT2D eigenvalue weighted by Crippen LogP contribution is -2.44. The maximum Gasteiger partial charge on any atom is 0.243 e. The highest BCUT2D eigenvalue weighted by Gasteiger charge is 2.44. The lowest BCUT2D eigenvalue weighted by Gasteiger charge is -2.34. The van der Waals surface area contributed by atoms with Gasteiger partial charge in [0, 0.05) is 16.1 Å². The van der Waals surface area contributed by atoms with Gasteiger partial charge in [-0.25, -0.2) is 0 Å². The van der Waals surface area contributed by atoms with Crippen molar-refractivity contribution in [1.29, 1.82) is 10.5 Å². The smallest absolute Gasteiger partial charge is 0.243 e. The van der Waals surface area contributed by atoms with Gasteiger partial charge in [-0.3, -0.25) is 9.59 Å². The van der Waals surface area contributed by atoms with E-state index in [0.717, 1.165) is 11.8 Å². The summed E-state index contributed by atoms with van der Waals surface area (Å²) in [7, 11) is 0. The van der Waals surface area contributed by atoms with Crippen LogP contribution < -0.4 is 10.6 Å². The molecular formula is C17H15ClN4O2S. The Labute approximate surface area is 154 Å². The van der Waals surface area contributed by atoms with Gasteiger partial charge in [-0.15, -0.1) is 0 Å². The lowest BCUT2D eigenvalue weighted by atomic mass is 9.72. The van der Waals surface area contributed by atoms with Crippen molar-refractivity contribution in [3.05, 3.63) is 39.9 Å². The van der Waals surface area contributed by atoms with Crippen LogP contribution in [0.1, 0.15) is 13.8 Å². The van der Waals surface area contributed by atoms with E-state index in [2.05, 4.69) is 16.7 Å². The molecule has 1 aromatic carbocycles. The number of hydrogen-bond donors (Lipinski definition) is 2. The fourth-order valence-electron chi connectivity index (χ4n) is 2.40. The highest BCUT2D eigenvalue weighted by atomic mass is 35.5. The van der Waals surface area contributed by atoms with Crippen LogP contribution in [-0.4, -0.2) is 17.6 Å². The van der Waals surface area contributed by atoms with E-state index in [0.29, 0.717) is 21.3 Å². The van der Waals surface area contributed by atoms with E-state index in [1.807, 2.05) is 6.07 Å². The number of benzene rings is 1. The molecule has 8 heteroatoms. The van der Waals surface area contributed by atoms with Crippen molar-refractivity contribution < 1.29 is 9.59 Å². The Morgan fingerprint density at radius 3 is 2.56 bits per heavy atom. The molecule has 6 nitrogen and oxygen atoms in total. The minimum atomic E-state index is -0.950. The van der Waals surface area contributed by atoms with Gasteiger partial charge in [-0.1, -0.05) is 37.2 Å². The molecule has 1 aliphatic rings. The fraction of sp³-hybridized carbons (Fsp3) is 0.294. The van der Waals surface area contributed by atoms with Crippen LogP contribution in [0.3, 0.4) is 0 Å². The number of nitrogens with zero attached hydrogens (tertiary/aromatic N) is 2. The predicted molar refractivity (Wildman–Crippen MR) is 96.2 cm³/mol. The van der Waals surface area contributed by atoms with E-state index in [9.17, 15) is 20.1 Å². The van der Waals surface area contributed by atoms with Crippen LogP contribution in [0.4, 0.5) is 5.69 Å². The maximum atomic E-state index is 12.1. The van der Waals surface area contributed by atoms with E-state index >= 15 is 0 Å². The monoisotopic (exact) mass is 374 g/mol. The number of nitrogens with one attached hydrogen (secondary N) is 2. The first-order valence-electron chi connectivity index (χ1n) is 7.33. The van der Waals surface area contributed by atoms with Crippen LogP contribution in [0.2, 0.25) is 5.02 Å². The molecule has 0 bridgehead atoms. The number of carbonyl (C=O) groups is 2. The number of allylic oxidation sites excluding steroid dienone is 1. The van der Waals surface area contributed by atoms with Crippen LogP contribution in [-0.2, 0) is 9.59 Å². The average molecular weight is 375 g/mol. The first kappa shape index (κ1) is 18.9. The molecule has 0 aliphatic carbocycles. The fourth-order valence-corrected chi connectivity index (χ4v) is 3.50. The summed E-state index contributed by atoms with van der Waals surface area (Å²) in [6, 6.07) is 10.7. The summed E-state index contributed by atoms with van der Waals surface area (Å²) in [4.78, 5) is 24.1. The van der Waals surface area contributed by atoms with Crippen molar-refractivity contribution in [1.82, 2.24) is 5.32 Å². The number of halogens is 1. The van der Waals surface area contributed by atoms with Crippen molar-refractivity contribution >= 4 is 40.9 Å². The number of hydrogen-bond acceptors (Lipinski definition) is 5. The van der Waals surface area contributed by atoms with Gasteiger partial charge in [0.1, 0.15) is 5.92 Å². The number of carbonyl (C=O) groups excluding carboxylic acids is 2. The highest BCUT2D eigenvalue weighted by Crippen LogP contribution is 2.41. The Morgan fingerprint density at radius 2 is 2.00 bits per heavy atom. The molecule has 25 heavy (non-hydrogen) atoms. The Hall–Kier alpha value is -2.48. The SMILES string of the molecule is CC1(C)C(C#N)=C(SCC(=O)Nc2ccc(Cl)cc2)NC(=O)[C@@H]1C#N. The minimum absolute atomic E-state index is 0.0106. The summed E-state index contributed by atoms with van der Waals surface area (Å²) >= 11 is 6.85. The molecule has 0 saturated carbocycles. The van der Waals surface area contributed by atoms with E-state index < -0.39 is 17.2 Å². The zero-order valence-electron chi connectivity index (χ0n) is 13.6. The van der Waals surface area contributed by atoms with E-state index in [1.54, 1.807) is 38.1 Å². The Balaban J connectivity index is 2.10. The van der Waals surface area contributed by atoms with Crippen LogP contribution in [0.25, 0.3) is 0 Å². The number of amides is 2. The van der Waals surface area contributed by atoms with E-state index in [-0.39, 0.29) is 11.7 Å². The van der Waals surface area contributed by atoms with Gasteiger partial charge in [0.15, 0.2) is 0 Å². The molecule has 0 radical (unpaired) electrons. The second-order valence-corrected chi connectivity index (χ2v) is 7.35. The molecule has 0 aromatic heterocycles. The molecule has 1 aliphatic heterocycles. The summed E-state index contributed by atoms with van der Waals surface area (Å²) in [6.45, 7) is 3.35. The molecule has 128 valence electrons. The Bertz CT molecular complexity index is 819. The molecule has 1 aromatic rings. The summed E-state index contributed by atoms with van der Waals surface area (Å²) in [5.41, 5.74) is -0.0223. The predicted octanol–water partition coefficient (Wildman–Crippen LogP) is 3.04. The third kappa shape index (κ3) is 4.14. The molecule has 2 amide bonds. The normalized spacial score (nSPS) is 18.8. The topological polar surface area (TPSA) is 106 Å². The van der Waals surface area contributed by atoms with Crippen molar-refractivity contribution in [2.75, 3.05) is 11.1 Å². The second kappa shape index (κ2) is 7.60. The first-order chi connectivity index (χ1) is 11.8. The van der Waals surface area contributed by atoms with Crippen LogP contribution in [0.5, 0.6) is 0 Å². The number of thioether (sulfide) groups is 1. The van der Waals surface area contributed by atoms with Gasteiger partial charge >= 0.3 is 0 Å². The molecule has 0 fully saturated rings. The van der Waals surface area contributed by atoms with Crippen LogP contribution in [0, 0.1) is 34.0 Å². The second-order valence-electron chi connectivity index (χ2n) is 5.93. The molecule has 1 atom stereocenters. The van der Waals surface area contributed by atoms with E-state index in [1.165, 1.54) is 0 Å². The number of nitriles is 2. The summed E-state index contributed by atoms with van der Waals surface area (Å²) in [5, 5.41) is 24.7. The zero-order chi connectivity index (χ0) is 18.6. The molecule has 2 N–H and O–H groups in total. The van der Waals surface area contributed by atoms with Gasteiger partial charge in [0.05, 0.1) is 28.5 Å². The van der Waals surface area contributed by atoms with Crippen molar-refractivity contribution in [3.63, 3.8) is 0 Å². The summed E-state index contributed by atoms with van der Waals surface area (Å²) in [6.07, 6.45) is 0. The van der Waals surface area contributed by atoms with Crippen LogP contribution >= 0.6 is 23.4 Å². The van der Waals surface area contributed by atoms with Gasteiger partial charge in [0.2, 0.25) is 11.8 Å². The molecule has 0 saturated heterocycles. The molecular weight excluding hydrogens is 360 g/mol. The maximum absolute atomic E-state index is 12.1. The largest absolute Gasteiger partial charge is 0.325 e. The Kier molecular flexibility index (Phi) is 5.73. The van der Waals surface area contributed by atoms with Gasteiger partial charge in [-0.2, -0.15) is 10.5 Å². The van der Waals surface area contributed by atoms with E-state index in [4.69, 9.17) is 11.6 Å². The summed E-state index contributed by atoms with van der Waals surface area (Å²) < 4.78 is 0. The quantitative estimate of drug-likeness (QED) is 0.842. The first-order valence-corrected chi connectivity index (χ1v) is 8.69. The highest BCUT2D eigenvalue weighted by molar-refractivity contribution is 8.03. The summed E-state index contributed by atoms with van der Waals surface area (Å²) in [5.74, 6) is -1.69. The van der Waals surface area contributed by atoms with Crippen molar-refractivity contribution in [2.24, 2.45) is 11.3 Å². The van der Waals surface area contributed by atoms with Crippen molar-refractivity contribution in [3.8, 4) is 12.1 Å². The van der Waals surface area contributed by atoms with Crippen LogP contribution in [0.15, 0.2) is 34.9 Å². The van der Waals surface area contributed by atoms with Gasteiger partial charge in [0.25, 0.3) is 0 Å². The average Bonchev–Trinajstić information content (AvgIpc) is 2.54. The van der Waals surface area contributed by atoms with Gasteiger partial charge in [-0.05, 0) is 24.3 Å². The third-order valence-electron chi connectivity index (χ3n) is 3.81. The lowest BCUT2D eigenvalue weighted by molar-refractivity contribution is -0.125. The Morgan fingerprint density at radius 1 is 1.36 bits per heavy atom. The minimum Gasteiger partial charge on any atom is -0.325 e. The number of anilines is 1.